The second-order valence-electron chi connectivity index (χ2n) is 4.66. The Kier molecular flexibility index (Phi) is 2.75. The summed E-state index contributed by atoms with van der Waals surface area (Å²) in [6.45, 7) is 3.83. The fourth-order valence-corrected chi connectivity index (χ4v) is 2.32. The molecule has 0 spiro atoms. The Labute approximate surface area is 115 Å². The summed E-state index contributed by atoms with van der Waals surface area (Å²) in [5, 5.41) is 9.23. The summed E-state index contributed by atoms with van der Waals surface area (Å²) in [5.74, 6) is 0.483. The second-order valence-corrected chi connectivity index (χ2v) is 4.66. The molecule has 0 saturated carbocycles. The Hall–Kier alpha value is -2.69. The van der Waals surface area contributed by atoms with Crippen LogP contribution in [0.25, 0.3) is 16.9 Å². The zero-order valence-corrected chi connectivity index (χ0v) is 11.2. The summed E-state index contributed by atoms with van der Waals surface area (Å²) in [5.41, 5.74) is 2.53. The molecule has 1 N–H and O–H groups in total. The average Bonchev–Trinajstić information content (AvgIpc) is 2.74. The van der Waals surface area contributed by atoms with E-state index in [9.17, 15) is 9.90 Å². The van der Waals surface area contributed by atoms with Crippen LogP contribution in [0.5, 0.6) is 0 Å². The van der Waals surface area contributed by atoms with Gasteiger partial charge in [-0.3, -0.25) is 4.57 Å². The summed E-state index contributed by atoms with van der Waals surface area (Å²) in [6.07, 6.45) is 1.73. The molecule has 0 aliphatic carbocycles. The van der Waals surface area contributed by atoms with Gasteiger partial charge in [0, 0.05) is 6.20 Å². The van der Waals surface area contributed by atoms with E-state index in [-0.39, 0.29) is 5.56 Å². The lowest BCUT2D eigenvalue weighted by Crippen LogP contribution is -2.00. The molecule has 5 heteroatoms. The second kappa shape index (κ2) is 4.45. The highest BCUT2D eigenvalue weighted by Crippen LogP contribution is 2.23. The molecule has 100 valence electrons. The highest BCUT2D eigenvalue weighted by molar-refractivity contribution is 6.01. The van der Waals surface area contributed by atoms with Crippen molar-refractivity contribution >= 4 is 17.0 Å². The van der Waals surface area contributed by atoms with Crippen LogP contribution >= 0.6 is 0 Å². The minimum absolute atomic E-state index is 0.206. The smallest absolute Gasteiger partial charge is 0.337 e. The van der Waals surface area contributed by atoms with Gasteiger partial charge in [0.15, 0.2) is 0 Å². The summed E-state index contributed by atoms with van der Waals surface area (Å²) in [7, 11) is 0. The number of hydrogen-bond acceptors (Lipinski definition) is 3. The Balaban J connectivity index is 2.35. The van der Waals surface area contributed by atoms with Crippen molar-refractivity contribution in [2.45, 2.75) is 13.8 Å². The van der Waals surface area contributed by atoms with Crippen molar-refractivity contribution < 1.29 is 9.90 Å². The highest BCUT2D eigenvalue weighted by Gasteiger charge is 2.16. The molecule has 0 radical (unpaired) electrons. The average molecular weight is 267 g/mol. The number of carboxylic acids is 1. The number of carbonyl (C=O) groups is 1. The van der Waals surface area contributed by atoms with Gasteiger partial charge in [0.25, 0.3) is 0 Å². The standard InChI is InChI=1S/C15H13N3O2/c1-9-6-7-16-13(8-9)18-10(2)17-14-11(15(19)20)4-3-5-12(14)18/h3-8H,1-2H3,(H,19,20). The van der Waals surface area contributed by atoms with Crippen molar-refractivity contribution in [1.29, 1.82) is 0 Å². The van der Waals surface area contributed by atoms with Crippen LogP contribution in [-0.4, -0.2) is 25.6 Å². The molecule has 0 unspecified atom stereocenters. The Morgan fingerprint density at radius 1 is 1.25 bits per heavy atom. The molecule has 0 bridgehead atoms. The Morgan fingerprint density at radius 2 is 2.05 bits per heavy atom. The topological polar surface area (TPSA) is 68.0 Å². The van der Waals surface area contributed by atoms with E-state index in [2.05, 4.69) is 9.97 Å². The van der Waals surface area contributed by atoms with E-state index < -0.39 is 5.97 Å². The molecule has 0 atom stereocenters. The first-order valence-electron chi connectivity index (χ1n) is 6.22. The van der Waals surface area contributed by atoms with Crippen LogP contribution in [0.1, 0.15) is 21.7 Å². The maximum absolute atomic E-state index is 11.3. The lowest BCUT2D eigenvalue weighted by atomic mass is 10.2. The number of para-hydroxylation sites is 1. The molecule has 0 aliphatic heterocycles. The van der Waals surface area contributed by atoms with E-state index in [0.29, 0.717) is 11.3 Å². The van der Waals surface area contributed by atoms with Gasteiger partial charge in [0.2, 0.25) is 0 Å². The zero-order chi connectivity index (χ0) is 14.3. The molecule has 20 heavy (non-hydrogen) atoms. The van der Waals surface area contributed by atoms with Crippen molar-refractivity contribution in [3.63, 3.8) is 0 Å². The van der Waals surface area contributed by atoms with E-state index in [4.69, 9.17) is 0 Å². The fourth-order valence-electron chi connectivity index (χ4n) is 2.32. The van der Waals surface area contributed by atoms with E-state index in [1.807, 2.05) is 36.6 Å². The molecule has 3 aromatic rings. The summed E-state index contributed by atoms with van der Waals surface area (Å²) in [6, 6.07) is 9.00. The largest absolute Gasteiger partial charge is 0.478 e. The molecule has 5 nitrogen and oxygen atoms in total. The first kappa shape index (κ1) is 12.3. The van der Waals surface area contributed by atoms with Crippen molar-refractivity contribution in [3.8, 4) is 5.82 Å². The monoisotopic (exact) mass is 267 g/mol. The maximum atomic E-state index is 11.3. The van der Waals surface area contributed by atoms with Crippen molar-refractivity contribution in [1.82, 2.24) is 14.5 Å². The number of aryl methyl sites for hydroxylation is 2. The first-order valence-corrected chi connectivity index (χ1v) is 6.22. The van der Waals surface area contributed by atoms with Gasteiger partial charge < -0.3 is 5.11 Å². The Bertz CT molecular complexity index is 821. The molecule has 2 aromatic heterocycles. The molecule has 0 aliphatic rings. The molecule has 3 rings (SSSR count). The SMILES string of the molecule is Cc1ccnc(-n2c(C)nc3c(C(=O)O)cccc32)c1. The molecule has 1 aromatic carbocycles. The number of rotatable bonds is 2. The minimum Gasteiger partial charge on any atom is -0.478 e. The molecule has 0 saturated heterocycles. The van der Waals surface area contributed by atoms with Crippen molar-refractivity contribution in [2.24, 2.45) is 0 Å². The fraction of sp³-hybridized carbons (Fsp3) is 0.133. The number of carboxylic acid groups (broad SMARTS) is 1. The molecular weight excluding hydrogens is 254 g/mol. The molecule has 0 fully saturated rings. The number of aromatic nitrogens is 3. The van der Waals surface area contributed by atoms with E-state index in [1.165, 1.54) is 0 Å². The number of benzene rings is 1. The Morgan fingerprint density at radius 3 is 2.75 bits per heavy atom. The first-order chi connectivity index (χ1) is 9.58. The van der Waals surface area contributed by atoms with Gasteiger partial charge in [0.1, 0.15) is 17.2 Å². The molecule has 2 heterocycles. The van der Waals surface area contributed by atoms with Crippen LogP contribution in [0.4, 0.5) is 0 Å². The molecular formula is C15H13N3O2. The van der Waals surface area contributed by atoms with Gasteiger partial charge in [-0.2, -0.15) is 0 Å². The van der Waals surface area contributed by atoms with E-state index >= 15 is 0 Å². The predicted octanol–water partition coefficient (Wildman–Crippen LogP) is 2.74. The number of imidazole rings is 1. The summed E-state index contributed by atoms with van der Waals surface area (Å²) >= 11 is 0. The summed E-state index contributed by atoms with van der Waals surface area (Å²) < 4.78 is 1.87. The van der Waals surface area contributed by atoms with Gasteiger partial charge in [0.05, 0.1) is 11.1 Å². The normalized spacial score (nSPS) is 10.9. The van der Waals surface area contributed by atoms with Gasteiger partial charge in [-0.05, 0) is 43.7 Å². The number of nitrogens with zero attached hydrogens (tertiary/aromatic N) is 3. The van der Waals surface area contributed by atoms with Crippen LogP contribution in [0.15, 0.2) is 36.5 Å². The van der Waals surface area contributed by atoms with Crippen LogP contribution < -0.4 is 0 Å². The lowest BCUT2D eigenvalue weighted by Gasteiger charge is -2.06. The third-order valence-corrected chi connectivity index (χ3v) is 3.21. The number of pyridine rings is 1. The molecule has 0 amide bonds. The van der Waals surface area contributed by atoms with Gasteiger partial charge >= 0.3 is 5.97 Å². The van der Waals surface area contributed by atoms with Gasteiger partial charge in [-0.15, -0.1) is 0 Å². The number of hydrogen-bond donors (Lipinski definition) is 1. The van der Waals surface area contributed by atoms with Crippen LogP contribution in [0, 0.1) is 13.8 Å². The van der Waals surface area contributed by atoms with Gasteiger partial charge in [-0.25, -0.2) is 14.8 Å². The third kappa shape index (κ3) is 1.84. The zero-order valence-electron chi connectivity index (χ0n) is 11.2. The van der Waals surface area contributed by atoms with E-state index in [0.717, 1.165) is 16.9 Å². The minimum atomic E-state index is -0.975. The van der Waals surface area contributed by atoms with Crippen LogP contribution in [0.3, 0.4) is 0 Å². The van der Waals surface area contributed by atoms with Crippen molar-refractivity contribution in [2.75, 3.05) is 0 Å². The third-order valence-electron chi connectivity index (χ3n) is 3.21. The van der Waals surface area contributed by atoms with Crippen LogP contribution in [0.2, 0.25) is 0 Å². The lowest BCUT2D eigenvalue weighted by molar-refractivity contribution is 0.0699. The van der Waals surface area contributed by atoms with Gasteiger partial charge in [-0.1, -0.05) is 6.07 Å². The van der Waals surface area contributed by atoms with E-state index in [1.54, 1.807) is 18.3 Å². The highest BCUT2D eigenvalue weighted by atomic mass is 16.4. The predicted molar refractivity (Wildman–Crippen MR) is 75.3 cm³/mol. The maximum Gasteiger partial charge on any atom is 0.337 e. The number of aromatic carboxylic acids is 1. The van der Waals surface area contributed by atoms with Crippen LogP contribution in [-0.2, 0) is 0 Å². The quantitative estimate of drug-likeness (QED) is 0.775. The van der Waals surface area contributed by atoms with Crippen molar-refractivity contribution in [3.05, 3.63) is 53.5 Å². The summed E-state index contributed by atoms with van der Waals surface area (Å²) in [4.78, 5) is 20.0. The number of fused-ring (bicyclic) bond motifs is 1.